The Morgan fingerprint density at radius 3 is 2.75 bits per heavy atom. The Morgan fingerprint density at radius 1 is 1.42 bits per heavy atom. The van der Waals surface area contributed by atoms with Crippen molar-refractivity contribution in [1.82, 2.24) is 4.31 Å². The van der Waals surface area contributed by atoms with Gasteiger partial charge in [-0.1, -0.05) is 6.07 Å². The fourth-order valence-corrected chi connectivity index (χ4v) is 3.81. The number of benzene rings is 1. The van der Waals surface area contributed by atoms with Crippen LogP contribution in [0.25, 0.3) is 0 Å². The molecule has 0 saturated carbocycles. The van der Waals surface area contributed by atoms with Crippen molar-refractivity contribution in [1.29, 1.82) is 0 Å². The van der Waals surface area contributed by atoms with Gasteiger partial charge in [0.15, 0.2) is 0 Å². The van der Waals surface area contributed by atoms with Crippen LogP contribution in [0, 0.1) is 0 Å². The second-order valence-electron chi connectivity index (χ2n) is 5.39. The van der Waals surface area contributed by atoms with Gasteiger partial charge in [0.05, 0.1) is 30.6 Å². The van der Waals surface area contributed by atoms with Gasteiger partial charge in [-0.05, 0) is 18.2 Å². The molecule has 1 heterocycles. The summed E-state index contributed by atoms with van der Waals surface area (Å²) in [5, 5.41) is 2.67. The molecule has 8 nitrogen and oxygen atoms in total. The Kier molecular flexibility index (Phi) is 6.69. The molecule has 1 saturated heterocycles. The number of hydrogen-bond donors (Lipinski definition) is 2. The van der Waals surface area contributed by atoms with Gasteiger partial charge in [-0.15, -0.1) is 0 Å². The predicted octanol–water partition coefficient (Wildman–Crippen LogP) is 0.00980. The highest BCUT2D eigenvalue weighted by molar-refractivity contribution is 7.89. The lowest BCUT2D eigenvalue weighted by Gasteiger charge is -2.26. The van der Waals surface area contributed by atoms with Crippen molar-refractivity contribution in [3.8, 4) is 0 Å². The smallest absolute Gasteiger partial charge is 0.243 e. The van der Waals surface area contributed by atoms with Crippen LogP contribution in [-0.4, -0.2) is 64.7 Å². The number of anilines is 1. The molecule has 0 bridgehead atoms. The average Bonchev–Trinajstić information content (AvgIpc) is 2.60. The number of sulfonamides is 1. The Bertz CT molecular complexity index is 655. The average molecular weight is 357 g/mol. The zero-order valence-corrected chi connectivity index (χ0v) is 14.4. The van der Waals surface area contributed by atoms with E-state index >= 15 is 0 Å². The molecule has 0 aliphatic carbocycles. The number of amides is 1. The van der Waals surface area contributed by atoms with Gasteiger partial charge in [-0.3, -0.25) is 4.79 Å². The minimum Gasteiger partial charge on any atom is -0.380 e. The van der Waals surface area contributed by atoms with E-state index in [1.54, 1.807) is 12.1 Å². The summed E-state index contributed by atoms with van der Waals surface area (Å²) in [7, 11) is -2.11. The second kappa shape index (κ2) is 8.54. The van der Waals surface area contributed by atoms with Crippen molar-refractivity contribution in [2.45, 2.75) is 17.4 Å². The summed E-state index contributed by atoms with van der Waals surface area (Å²) in [6.07, 6.45) is -0.266. The summed E-state index contributed by atoms with van der Waals surface area (Å²) in [4.78, 5) is 12.1. The fourth-order valence-electron chi connectivity index (χ4n) is 2.35. The third-order valence-electron chi connectivity index (χ3n) is 3.73. The standard InChI is InChI=1S/C15H23N3O5S/c1-22-13(11-16)10-15(19)17-12-3-2-4-14(9-12)24(20,21)18-5-7-23-8-6-18/h2-4,9,13H,5-8,10-11,16H2,1H3,(H,17,19). The number of nitrogens with one attached hydrogen (secondary N) is 1. The summed E-state index contributed by atoms with van der Waals surface area (Å²) >= 11 is 0. The molecule has 0 spiro atoms. The number of morpholine rings is 1. The SMILES string of the molecule is COC(CN)CC(=O)Nc1cccc(S(=O)(=O)N2CCOCC2)c1. The number of nitrogens with zero attached hydrogens (tertiary/aromatic N) is 1. The zero-order valence-electron chi connectivity index (χ0n) is 13.6. The molecular weight excluding hydrogens is 334 g/mol. The molecule has 1 aliphatic heterocycles. The highest BCUT2D eigenvalue weighted by atomic mass is 32.2. The minimum absolute atomic E-state index is 0.105. The molecule has 2 rings (SSSR count). The van der Waals surface area contributed by atoms with E-state index in [4.69, 9.17) is 15.2 Å². The van der Waals surface area contributed by atoms with Crippen molar-refractivity contribution in [2.24, 2.45) is 5.73 Å². The Hall–Kier alpha value is -1.52. The van der Waals surface area contributed by atoms with Crippen LogP contribution in [0.2, 0.25) is 0 Å². The molecule has 1 unspecified atom stereocenters. The van der Waals surface area contributed by atoms with Crippen LogP contribution in [0.3, 0.4) is 0 Å². The highest BCUT2D eigenvalue weighted by Crippen LogP contribution is 2.20. The largest absolute Gasteiger partial charge is 0.380 e. The van der Waals surface area contributed by atoms with Crippen molar-refractivity contribution in [3.05, 3.63) is 24.3 Å². The fraction of sp³-hybridized carbons (Fsp3) is 0.533. The van der Waals surface area contributed by atoms with Crippen molar-refractivity contribution >= 4 is 21.6 Å². The Labute approximate surface area is 142 Å². The number of nitrogens with two attached hydrogens (primary N) is 1. The summed E-state index contributed by atoms with van der Waals surface area (Å²) in [5.41, 5.74) is 5.91. The zero-order chi connectivity index (χ0) is 17.6. The van der Waals surface area contributed by atoms with E-state index in [1.165, 1.54) is 23.5 Å². The van der Waals surface area contributed by atoms with Gasteiger partial charge >= 0.3 is 0 Å². The minimum atomic E-state index is -3.60. The summed E-state index contributed by atoms with van der Waals surface area (Å²) < 4.78 is 36.9. The maximum atomic E-state index is 12.6. The van der Waals surface area contributed by atoms with E-state index < -0.39 is 10.0 Å². The highest BCUT2D eigenvalue weighted by Gasteiger charge is 2.26. The van der Waals surface area contributed by atoms with Gasteiger partial charge in [0, 0.05) is 32.4 Å². The molecule has 9 heteroatoms. The summed E-state index contributed by atoms with van der Waals surface area (Å²) in [6, 6.07) is 6.20. The van der Waals surface area contributed by atoms with E-state index in [1.807, 2.05) is 0 Å². The maximum absolute atomic E-state index is 12.6. The first-order chi connectivity index (χ1) is 11.5. The number of carbonyl (C=O) groups is 1. The number of methoxy groups -OCH3 is 1. The van der Waals surface area contributed by atoms with Gasteiger partial charge < -0.3 is 20.5 Å². The lowest BCUT2D eigenvalue weighted by atomic mass is 10.2. The topological polar surface area (TPSA) is 111 Å². The molecule has 3 N–H and O–H groups in total. The molecule has 1 aliphatic rings. The van der Waals surface area contributed by atoms with Crippen LogP contribution in [0.1, 0.15) is 6.42 Å². The van der Waals surface area contributed by atoms with E-state index in [-0.39, 0.29) is 29.9 Å². The first kappa shape index (κ1) is 18.8. The lowest BCUT2D eigenvalue weighted by molar-refractivity contribution is -0.118. The molecule has 1 aromatic carbocycles. The van der Waals surface area contributed by atoms with Crippen molar-refractivity contribution in [2.75, 3.05) is 45.3 Å². The normalized spacial score (nSPS) is 17.4. The number of ether oxygens (including phenoxy) is 2. The monoisotopic (exact) mass is 357 g/mol. The van der Waals surface area contributed by atoms with Crippen LogP contribution < -0.4 is 11.1 Å². The quantitative estimate of drug-likeness (QED) is 0.711. The van der Waals surface area contributed by atoms with Crippen molar-refractivity contribution in [3.63, 3.8) is 0 Å². The molecule has 1 amide bonds. The second-order valence-corrected chi connectivity index (χ2v) is 7.33. The van der Waals surface area contributed by atoms with E-state index in [2.05, 4.69) is 5.32 Å². The first-order valence-corrected chi connectivity index (χ1v) is 9.12. The summed E-state index contributed by atoms with van der Waals surface area (Å²) in [5.74, 6) is -0.284. The molecular formula is C15H23N3O5S. The van der Waals surface area contributed by atoms with Crippen molar-refractivity contribution < 1.29 is 22.7 Å². The predicted molar refractivity (Wildman–Crippen MR) is 89.1 cm³/mol. The Morgan fingerprint density at radius 2 is 2.12 bits per heavy atom. The molecule has 134 valence electrons. The molecule has 1 fully saturated rings. The third kappa shape index (κ3) is 4.74. The molecule has 24 heavy (non-hydrogen) atoms. The van der Waals surface area contributed by atoms with Crippen LogP contribution in [0.5, 0.6) is 0 Å². The van der Waals surface area contributed by atoms with E-state index in [0.717, 1.165) is 0 Å². The molecule has 0 radical (unpaired) electrons. The van der Waals surface area contributed by atoms with Crippen LogP contribution in [0.4, 0.5) is 5.69 Å². The van der Waals surface area contributed by atoms with Gasteiger partial charge in [-0.2, -0.15) is 4.31 Å². The molecule has 1 atom stereocenters. The van der Waals surface area contributed by atoms with E-state index in [9.17, 15) is 13.2 Å². The summed E-state index contributed by atoms with van der Waals surface area (Å²) in [6.45, 7) is 1.64. The third-order valence-corrected chi connectivity index (χ3v) is 5.63. The van der Waals surface area contributed by atoms with E-state index in [0.29, 0.717) is 32.0 Å². The molecule has 1 aromatic rings. The van der Waals surface area contributed by atoms with Gasteiger partial charge in [0.2, 0.25) is 15.9 Å². The number of carbonyl (C=O) groups excluding carboxylic acids is 1. The number of hydrogen-bond acceptors (Lipinski definition) is 6. The maximum Gasteiger partial charge on any atom is 0.243 e. The van der Waals surface area contributed by atoms with Crippen LogP contribution in [-0.2, 0) is 24.3 Å². The van der Waals surface area contributed by atoms with Gasteiger partial charge in [-0.25, -0.2) is 8.42 Å². The van der Waals surface area contributed by atoms with Crippen LogP contribution in [0.15, 0.2) is 29.2 Å². The van der Waals surface area contributed by atoms with Crippen LogP contribution >= 0.6 is 0 Å². The molecule has 0 aromatic heterocycles. The van der Waals surface area contributed by atoms with Gasteiger partial charge in [0.25, 0.3) is 0 Å². The van der Waals surface area contributed by atoms with Gasteiger partial charge in [0.1, 0.15) is 0 Å². The number of rotatable bonds is 7. The first-order valence-electron chi connectivity index (χ1n) is 7.68. The lowest BCUT2D eigenvalue weighted by Crippen LogP contribution is -2.40. The Balaban J connectivity index is 2.09.